The number of ether oxygens (including phenoxy) is 2. The Balaban J connectivity index is 3.36. The lowest BCUT2D eigenvalue weighted by molar-refractivity contribution is -0.00357. The van der Waals surface area contributed by atoms with E-state index in [-0.39, 0.29) is 12.9 Å². The van der Waals surface area contributed by atoms with Gasteiger partial charge in [0.25, 0.3) is 0 Å². The number of rotatable bonds is 6. The number of hydrogen-bond acceptors (Lipinski definition) is 3. The number of methoxy groups -OCH3 is 1. The van der Waals surface area contributed by atoms with E-state index in [0.29, 0.717) is 12.2 Å². The molecule has 11 heavy (non-hydrogen) atoms. The zero-order chi connectivity index (χ0) is 8.69. The van der Waals surface area contributed by atoms with Crippen molar-refractivity contribution in [3.8, 4) is 0 Å². The lowest BCUT2D eigenvalue weighted by atomic mass is 10.2. The van der Waals surface area contributed by atoms with Crippen LogP contribution in [-0.4, -0.2) is 25.1 Å². The summed E-state index contributed by atoms with van der Waals surface area (Å²) in [5.74, 6) is 0.571. The second kappa shape index (κ2) is 6.19. The minimum atomic E-state index is -0.348. The maximum atomic E-state index is 9.15. The summed E-state index contributed by atoms with van der Waals surface area (Å²) in [5.41, 5.74) is 0. The minimum Gasteiger partial charge on any atom is -0.472 e. The van der Waals surface area contributed by atoms with Crippen LogP contribution in [0.25, 0.3) is 0 Å². The van der Waals surface area contributed by atoms with Gasteiger partial charge in [-0.15, -0.1) is 0 Å². The lowest BCUT2D eigenvalue weighted by Crippen LogP contribution is -2.07. The highest BCUT2D eigenvalue weighted by Gasteiger charge is 2.03. The normalized spacial score (nSPS) is 12.6. The van der Waals surface area contributed by atoms with Gasteiger partial charge in [-0.25, -0.2) is 0 Å². The molecule has 1 atom stereocenters. The predicted octanol–water partition coefficient (Wildman–Crippen LogP) is 1.28. The van der Waals surface area contributed by atoms with Gasteiger partial charge in [0.1, 0.15) is 0 Å². The van der Waals surface area contributed by atoms with Crippen LogP contribution in [0.5, 0.6) is 0 Å². The maximum absolute atomic E-state index is 9.15. The molecule has 0 amide bonds. The number of aliphatic hydroxyl groups is 1. The van der Waals surface area contributed by atoms with E-state index < -0.39 is 0 Å². The van der Waals surface area contributed by atoms with E-state index in [2.05, 4.69) is 11.3 Å². The standard InChI is InChI=1S/C8H16O3/c1-4-8(9)5-7(2)11-6-10-3/h8-9H,2,4-6H2,1,3H3. The molecule has 1 N–H and O–H groups in total. The maximum Gasteiger partial charge on any atom is 0.188 e. The van der Waals surface area contributed by atoms with Crippen LogP contribution in [0.3, 0.4) is 0 Å². The molecule has 0 rings (SSSR count). The molecule has 0 heterocycles. The molecule has 3 heteroatoms. The van der Waals surface area contributed by atoms with E-state index >= 15 is 0 Å². The van der Waals surface area contributed by atoms with Crippen LogP contribution in [0.2, 0.25) is 0 Å². The molecule has 0 aromatic heterocycles. The van der Waals surface area contributed by atoms with Gasteiger partial charge < -0.3 is 14.6 Å². The molecule has 0 saturated carbocycles. The first-order valence-electron chi connectivity index (χ1n) is 3.68. The summed E-state index contributed by atoms with van der Waals surface area (Å²) in [6, 6.07) is 0. The van der Waals surface area contributed by atoms with Crippen molar-refractivity contribution >= 4 is 0 Å². The molecular formula is C8H16O3. The van der Waals surface area contributed by atoms with Crippen molar-refractivity contribution in [1.29, 1.82) is 0 Å². The van der Waals surface area contributed by atoms with Gasteiger partial charge in [-0.1, -0.05) is 13.5 Å². The molecular weight excluding hydrogens is 144 g/mol. The number of hydrogen-bond donors (Lipinski definition) is 1. The van der Waals surface area contributed by atoms with Gasteiger partial charge in [0.05, 0.1) is 11.9 Å². The topological polar surface area (TPSA) is 38.7 Å². The van der Waals surface area contributed by atoms with Crippen LogP contribution >= 0.6 is 0 Å². The molecule has 0 aliphatic heterocycles. The van der Waals surface area contributed by atoms with Gasteiger partial charge in [0.2, 0.25) is 0 Å². The second-order valence-electron chi connectivity index (χ2n) is 2.36. The van der Waals surface area contributed by atoms with Crippen molar-refractivity contribution in [1.82, 2.24) is 0 Å². The molecule has 0 aromatic carbocycles. The first-order valence-corrected chi connectivity index (χ1v) is 3.68. The van der Waals surface area contributed by atoms with Gasteiger partial charge in [-0.05, 0) is 6.42 Å². The average molecular weight is 160 g/mol. The fourth-order valence-electron chi connectivity index (χ4n) is 0.608. The molecule has 1 unspecified atom stereocenters. The summed E-state index contributed by atoms with van der Waals surface area (Å²) in [7, 11) is 1.55. The third-order valence-corrected chi connectivity index (χ3v) is 1.32. The van der Waals surface area contributed by atoms with Gasteiger partial charge in [0.15, 0.2) is 6.79 Å². The zero-order valence-corrected chi connectivity index (χ0v) is 7.17. The van der Waals surface area contributed by atoms with Crippen molar-refractivity contribution in [2.24, 2.45) is 0 Å². The Morgan fingerprint density at radius 3 is 2.73 bits per heavy atom. The second-order valence-corrected chi connectivity index (χ2v) is 2.36. The summed E-state index contributed by atoms with van der Waals surface area (Å²) >= 11 is 0. The van der Waals surface area contributed by atoms with Gasteiger partial charge in [0, 0.05) is 13.5 Å². The third kappa shape index (κ3) is 5.88. The first kappa shape index (κ1) is 10.5. The first-order chi connectivity index (χ1) is 5.20. The Morgan fingerprint density at radius 1 is 1.64 bits per heavy atom. The molecule has 0 aliphatic carbocycles. The monoisotopic (exact) mass is 160 g/mol. The molecule has 0 spiro atoms. The fraction of sp³-hybridized carbons (Fsp3) is 0.750. The zero-order valence-electron chi connectivity index (χ0n) is 7.17. The van der Waals surface area contributed by atoms with Crippen molar-refractivity contribution in [3.63, 3.8) is 0 Å². The Labute approximate surface area is 67.6 Å². The molecule has 0 aliphatic rings. The van der Waals surface area contributed by atoms with Crippen molar-refractivity contribution in [2.75, 3.05) is 13.9 Å². The van der Waals surface area contributed by atoms with Crippen LogP contribution in [0.1, 0.15) is 19.8 Å². The van der Waals surface area contributed by atoms with Gasteiger partial charge in [-0.2, -0.15) is 0 Å². The highest BCUT2D eigenvalue weighted by Crippen LogP contribution is 2.06. The summed E-state index contributed by atoms with van der Waals surface area (Å²) in [4.78, 5) is 0. The van der Waals surface area contributed by atoms with Gasteiger partial charge >= 0.3 is 0 Å². The minimum absolute atomic E-state index is 0.204. The lowest BCUT2D eigenvalue weighted by Gasteiger charge is -2.10. The van der Waals surface area contributed by atoms with Crippen LogP contribution in [0, 0.1) is 0 Å². The Hall–Kier alpha value is -0.540. The van der Waals surface area contributed by atoms with Crippen molar-refractivity contribution in [2.45, 2.75) is 25.9 Å². The smallest absolute Gasteiger partial charge is 0.188 e. The van der Waals surface area contributed by atoms with E-state index in [0.717, 1.165) is 6.42 Å². The summed E-state index contributed by atoms with van der Waals surface area (Å²) in [6.45, 7) is 5.73. The van der Waals surface area contributed by atoms with Crippen molar-refractivity contribution in [3.05, 3.63) is 12.3 Å². The van der Waals surface area contributed by atoms with E-state index in [4.69, 9.17) is 9.84 Å². The quantitative estimate of drug-likeness (QED) is 0.470. The molecule has 0 saturated heterocycles. The fourth-order valence-corrected chi connectivity index (χ4v) is 0.608. The summed E-state index contributed by atoms with van der Waals surface area (Å²) in [5, 5.41) is 9.15. The molecule has 0 aromatic rings. The van der Waals surface area contributed by atoms with Crippen LogP contribution in [0.15, 0.2) is 12.3 Å². The predicted molar refractivity (Wildman–Crippen MR) is 43.0 cm³/mol. The van der Waals surface area contributed by atoms with E-state index in [9.17, 15) is 0 Å². The van der Waals surface area contributed by atoms with E-state index in [1.54, 1.807) is 7.11 Å². The Morgan fingerprint density at radius 2 is 2.27 bits per heavy atom. The molecule has 0 fully saturated rings. The third-order valence-electron chi connectivity index (χ3n) is 1.32. The Bertz CT molecular complexity index is 112. The molecule has 3 nitrogen and oxygen atoms in total. The summed E-state index contributed by atoms with van der Waals surface area (Å²) < 4.78 is 9.65. The molecule has 66 valence electrons. The van der Waals surface area contributed by atoms with Crippen molar-refractivity contribution < 1.29 is 14.6 Å². The largest absolute Gasteiger partial charge is 0.472 e. The van der Waals surface area contributed by atoms with E-state index in [1.165, 1.54) is 0 Å². The van der Waals surface area contributed by atoms with Crippen LogP contribution in [-0.2, 0) is 9.47 Å². The molecule has 0 bridgehead atoms. The molecule has 0 radical (unpaired) electrons. The van der Waals surface area contributed by atoms with Crippen LogP contribution in [0.4, 0.5) is 0 Å². The summed E-state index contributed by atoms with van der Waals surface area (Å²) in [6.07, 6.45) is 0.856. The average Bonchev–Trinajstić information content (AvgIpc) is 2.00. The van der Waals surface area contributed by atoms with Gasteiger partial charge in [-0.3, -0.25) is 0 Å². The van der Waals surface area contributed by atoms with Crippen LogP contribution < -0.4 is 0 Å². The van der Waals surface area contributed by atoms with E-state index in [1.807, 2.05) is 6.92 Å². The Kier molecular flexibility index (Phi) is 5.88. The number of aliphatic hydroxyl groups excluding tert-OH is 1. The highest BCUT2D eigenvalue weighted by atomic mass is 16.7. The SMILES string of the molecule is C=C(CC(O)CC)OCOC. The highest BCUT2D eigenvalue weighted by molar-refractivity contribution is 4.84.